The molecule has 2 aliphatic rings. The van der Waals surface area contributed by atoms with Crippen molar-refractivity contribution >= 4 is 50.9 Å². The van der Waals surface area contributed by atoms with E-state index in [0.29, 0.717) is 47.5 Å². The van der Waals surface area contributed by atoms with Crippen LogP contribution in [0.5, 0.6) is 0 Å². The lowest BCUT2D eigenvalue weighted by Gasteiger charge is -2.31. The van der Waals surface area contributed by atoms with E-state index < -0.39 is 21.2 Å². The zero-order valence-electron chi connectivity index (χ0n) is 16.3. The second kappa shape index (κ2) is 9.17. The third kappa shape index (κ3) is 4.88. The molecule has 1 fully saturated rings. The number of nitrogens with one attached hydrogen (secondary N) is 2. The summed E-state index contributed by atoms with van der Waals surface area (Å²) in [5, 5.41) is 2.23. The summed E-state index contributed by atoms with van der Waals surface area (Å²) in [5.74, 6) is -0.734. The van der Waals surface area contributed by atoms with E-state index in [2.05, 4.69) is 10.0 Å². The van der Waals surface area contributed by atoms with Gasteiger partial charge >= 0.3 is 0 Å². The highest BCUT2D eigenvalue weighted by Gasteiger charge is 2.36. The normalized spacial score (nSPS) is 18.9. The van der Waals surface area contributed by atoms with Crippen LogP contribution >= 0.6 is 23.4 Å². The molecule has 1 saturated heterocycles. The number of halogens is 1. The number of carbonyl (C=O) groups is 2. The third-order valence-corrected chi connectivity index (χ3v) is 7.99. The number of amides is 2. The first-order valence-corrected chi connectivity index (χ1v) is 12.3. The molecule has 2 aliphatic heterocycles. The second-order valence-electron chi connectivity index (χ2n) is 7.00. The number of morpholine rings is 1. The fourth-order valence-corrected chi connectivity index (χ4v) is 5.55. The van der Waals surface area contributed by atoms with Crippen molar-refractivity contribution in [3.05, 3.63) is 53.1 Å². The van der Waals surface area contributed by atoms with Gasteiger partial charge in [-0.05, 0) is 29.8 Å². The molecule has 31 heavy (non-hydrogen) atoms. The molecule has 8 nitrogen and oxygen atoms in total. The summed E-state index contributed by atoms with van der Waals surface area (Å²) in [6, 6.07) is 11.4. The van der Waals surface area contributed by atoms with E-state index in [1.165, 1.54) is 12.1 Å². The summed E-state index contributed by atoms with van der Waals surface area (Å²) >= 11 is 7.20. The number of fused-ring (bicyclic) bond motifs is 1. The Hall–Kier alpha value is -2.11. The molecule has 0 saturated carbocycles. The van der Waals surface area contributed by atoms with Gasteiger partial charge in [0.05, 0.1) is 23.8 Å². The molecular weight excluding hydrogens is 462 g/mol. The Bertz CT molecular complexity index is 1120. The molecule has 0 unspecified atom stereocenters. The lowest BCUT2D eigenvalue weighted by atomic mass is 10.2. The topological polar surface area (TPSA) is 105 Å². The largest absolute Gasteiger partial charge is 0.378 e. The van der Waals surface area contributed by atoms with E-state index in [9.17, 15) is 18.0 Å². The van der Waals surface area contributed by atoms with Crippen LogP contribution in [-0.4, -0.2) is 56.7 Å². The molecule has 2 aromatic rings. The molecular formula is C20H20ClN3O5S2. The Balaban J connectivity index is 1.49. The van der Waals surface area contributed by atoms with Crippen molar-refractivity contribution in [2.75, 3.05) is 31.6 Å². The zero-order chi connectivity index (χ0) is 22.0. The van der Waals surface area contributed by atoms with E-state index in [0.717, 1.165) is 11.8 Å². The molecule has 0 aromatic heterocycles. The average molecular weight is 482 g/mol. The van der Waals surface area contributed by atoms with Gasteiger partial charge < -0.3 is 15.0 Å². The lowest BCUT2D eigenvalue weighted by Crippen LogP contribution is -2.49. The van der Waals surface area contributed by atoms with Gasteiger partial charge in [-0.1, -0.05) is 29.8 Å². The Morgan fingerprint density at radius 1 is 1.23 bits per heavy atom. The summed E-state index contributed by atoms with van der Waals surface area (Å²) in [6.07, 6.45) is 0. The van der Waals surface area contributed by atoms with E-state index >= 15 is 0 Å². The fraction of sp³-hybridized carbons (Fsp3) is 0.300. The minimum atomic E-state index is -3.83. The number of carbonyl (C=O) groups excluding carboxylic acids is 2. The van der Waals surface area contributed by atoms with Gasteiger partial charge in [0.15, 0.2) is 5.25 Å². The predicted octanol–water partition coefficient (Wildman–Crippen LogP) is 2.09. The highest BCUT2D eigenvalue weighted by molar-refractivity contribution is 8.01. The molecule has 2 amide bonds. The molecule has 2 heterocycles. The molecule has 0 bridgehead atoms. The number of rotatable bonds is 5. The number of sulfonamides is 1. The zero-order valence-corrected chi connectivity index (χ0v) is 18.7. The fourth-order valence-electron chi connectivity index (χ4n) is 3.27. The first-order chi connectivity index (χ1) is 14.8. The maximum Gasteiger partial charge on any atom is 0.247 e. The molecule has 0 aliphatic carbocycles. The van der Waals surface area contributed by atoms with Crippen molar-refractivity contribution in [2.45, 2.75) is 21.6 Å². The van der Waals surface area contributed by atoms with Crippen LogP contribution in [0.3, 0.4) is 0 Å². The number of benzene rings is 2. The van der Waals surface area contributed by atoms with Gasteiger partial charge in [0.1, 0.15) is 0 Å². The minimum Gasteiger partial charge on any atom is -0.378 e. The van der Waals surface area contributed by atoms with Crippen LogP contribution in [-0.2, 0) is 30.9 Å². The summed E-state index contributed by atoms with van der Waals surface area (Å²) in [4.78, 5) is 27.5. The minimum absolute atomic E-state index is 0.0113. The Labute approximate surface area is 189 Å². The Morgan fingerprint density at radius 3 is 2.71 bits per heavy atom. The van der Waals surface area contributed by atoms with Crippen LogP contribution in [0.4, 0.5) is 5.69 Å². The second-order valence-corrected chi connectivity index (χ2v) is 10.3. The smallest absolute Gasteiger partial charge is 0.247 e. The molecule has 4 rings (SSSR count). The SMILES string of the molecule is O=C1Nc2cc(S(=O)(=O)NCc3ccccc3Cl)ccc2S[C@@H]1C(=O)N1CCOCC1. The highest BCUT2D eigenvalue weighted by atomic mass is 35.5. The van der Waals surface area contributed by atoms with Crippen LogP contribution in [0, 0.1) is 0 Å². The van der Waals surface area contributed by atoms with Crippen LogP contribution in [0.25, 0.3) is 0 Å². The van der Waals surface area contributed by atoms with Gasteiger partial charge in [-0.25, -0.2) is 13.1 Å². The number of anilines is 1. The van der Waals surface area contributed by atoms with Crippen LogP contribution in [0.2, 0.25) is 5.02 Å². The number of thioether (sulfide) groups is 1. The van der Waals surface area contributed by atoms with E-state index in [4.69, 9.17) is 16.3 Å². The summed E-state index contributed by atoms with van der Waals surface area (Å²) in [7, 11) is -3.83. The van der Waals surface area contributed by atoms with Gasteiger partial charge in [0, 0.05) is 29.6 Å². The molecule has 164 valence electrons. The maximum absolute atomic E-state index is 12.7. The number of hydrogen-bond acceptors (Lipinski definition) is 6. The third-order valence-electron chi connectivity index (χ3n) is 4.96. The number of nitrogens with zero attached hydrogens (tertiary/aromatic N) is 1. The quantitative estimate of drug-likeness (QED) is 0.634. The summed E-state index contributed by atoms with van der Waals surface area (Å²) < 4.78 is 33.2. The van der Waals surface area contributed by atoms with Crippen molar-refractivity contribution in [1.29, 1.82) is 0 Å². The van der Waals surface area contributed by atoms with Crippen molar-refractivity contribution in [3.63, 3.8) is 0 Å². The molecule has 2 aromatic carbocycles. The van der Waals surface area contributed by atoms with E-state index in [1.54, 1.807) is 35.2 Å². The first-order valence-electron chi connectivity index (χ1n) is 9.56. The molecule has 1 atom stereocenters. The average Bonchev–Trinajstić information content (AvgIpc) is 2.78. The van der Waals surface area contributed by atoms with Crippen molar-refractivity contribution in [3.8, 4) is 0 Å². The van der Waals surface area contributed by atoms with Crippen LogP contribution in [0.1, 0.15) is 5.56 Å². The number of hydrogen-bond donors (Lipinski definition) is 2. The number of ether oxygens (including phenoxy) is 1. The van der Waals surface area contributed by atoms with Gasteiger partial charge in [-0.2, -0.15) is 0 Å². The van der Waals surface area contributed by atoms with Crippen molar-refractivity contribution < 1.29 is 22.7 Å². The van der Waals surface area contributed by atoms with Gasteiger partial charge in [-0.3, -0.25) is 9.59 Å². The lowest BCUT2D eigenvalue weighted by molar-refractivity contribution is -0.137. The van der Waals surface area contributed by atoms with E-state index in [1.807, 2.05) is 0 Å². The van der Waals surface area contributed by atoms with Crippen LogP contribution < -0.4 is 10.0 Å². The van der Waals surface area contributed by atoms with Crippen molar-refractivity contribution in [2.24, 2.45) is 0 Å². The van der Waals surface area contributed by atoms with Gasteiger partial charge in [0.25, 0.3) is 0 Å². The highest BCUT2D eigenvalue weighted by Crippen LogP contribution is 2.37. The molecule has 11 heteroatoms. The summed E-state index contributed by atoms with van der Waals surface area (Å²) in [5.41, 5.74) is 1.01. The molecule has 0 spiro atoms. The van der Waals surface area contributed by atoms with Gasteiger partial charge in [0.2, 0.25) is 21.8 Å². The Kier molecular flexibility index (Phi) is 6.54. The van der Waals surface area contributed by atoms with E-state index in [-0.39, 0.29) is 17.3 Å². The molecule has 0 radical (unpaired) electrons. The standard InChI is InChI=1S/C20H20ClN3O5S2/c21-15-4-2-1-3-13(15)12-22-31(27,28)14-5-6-17-16(11-14)23-19(25)18(30-17)20(26)24-7-9-29-10-8-24/h1-6,11,18,22H,7-10,12H2,(H,23,25)/t18-/m0/s1. The van der Waals surface area contributed by atoms with Crippen molar-refractivity contribution in [1.82, 2.24) is 9.62 Å². The van der Waals surface area contributed by atoms with Crippen LogP contribution in [0.15, 0.2) is 52.3 Å². The predicted molar refractivity (Wildman–Crippen MR) is 118 cm³/mol. The Morgan fingerprint density at radius 2 is 1.97 bits per heavy atom. The molecule has 2 N–H and O–H groups in total. The summed E-state index contributed by atoms with van der Waals surface area (Å²) in [6.45, 7) is 1.83. The van der Waals surface area contributed by atoms with Gasteiger partial charge in [-0.15, -0.1) is 11.8 Å². The monoisotopic (exact) mass is 481 g/mol. The maximum atomic E-state index is 12.7. The first kappa shape index (κ1) is 22.1.